The molecule has 164 valence electrons. The monoisotopic (exact) mass is 453 g/mol. The molecule has 1 atom stereocenters. The molecule has 1 aliphatic carbocycles. The van der Waals surface area contributed by atoms with E-state index in [1.54, 1.807) is 24.3 Å². The quantitative estimate of drug-likeness (QED) is 0.718. The number of nitrogens with one attached hydrogen (secondary N) is 2. The van der Waals surface area contributed by atoms with Crippen molar-refractivity contribution in [1.82, 2.24) is 15.2 Å². The van der Waals surface area contributed by atoms with E-state index in [1.165, 1.54) is 12.1 Å². The standard InChI is InChI=1S/C20H18F3N3O4S/c21-20(22,23)30-17-8-4-5-9-18(17)31(28,29)25-19(27)26-16(14-6-2-1-3-7-14)12-15(24-26)13-10-11-13/h1-9,12-13,16,24H,10-11H2,(H,25,27). The van der Waals surface area contributed by atoms with Gasteiger partial charge in [-0.3, -0.25) is 5.43 Å². The molecule has 2 aromatic rings. The van der Waals surface area contributed by atoms with E-state index in [1.807, 2.05) is 16.9 Å². The number of hydrogen-bond acceptors (Lipinski definition) is 5. The summed E-state index contributed by atoms with van der Waals surface area (Å²) in [6, 6.07) is 11.6. The summed E-state index contributed by atoms with van der Waals surface area (Å²) in [4.78, 5) is 12.1. The highest BCUT2D eigenvalue weighted by Crippen LogP contribution is 2.40. The van der Waals surface area contributed by atoms with Gasteiger partial charge in [-0.2, -0.15) is 0 Å². The van der Waals surface area contributed by atoms with Crippen LogP contribution in [0.4, 0.5) is 18.0 Å². The molecule has 0 radical (unpaired) electrons. The van der Waals surface area contributed by atoms with Crippen LogP contribution in [0.2, 0.25) is 0 Å². The van der Waals surface area contributed by atoms with E-state index in [0.29, 0.717) is 0 Å². The fourth-order valence-corrected chi connectivity index (χ4v) is 4.36. The minimum absolute atomic E-state index is 0.265. The van der Waals surface area contributed by atoms with Gasteiger partial charge in [0.15, 0.2) is 0 Å². The van der Waals surface area contributed by atoms with Gasteiger partial charge in [0.2, 0.25) is 0 Å². The van der Waals surface area contributed by atoms with Gasteiger partial charge in [0, 0.05) is 11.6 Å². The number of hydrogen-bond donors (Lipinski definition) is 2. The maximum atomic E-state index is 12.9. The zero-order valence-electron chi connectivity index (χ0n) is 16.0. The van der Waals surface area contributed by atoms with E-state index in [0.717, 1.165) is 41.2 Å². The molecule has 0 saturated heterocycles. The third-order valence-electron chi connectivity index (χ3n) is 4.83. The predicted molar refractivity (Wildman–Crippen MR) is 104 cm³/mol. The summed E-state index contributed by atoms with van der Waals surface area (Å²) in [6.45, 7) is 0. The predicted octanol–water partition coefficient (Wildman–Crippen LogP) is 3.84. The Balaban J connectivity index is 1.59. The molecule has 0 aromatic heterocycles. The largest absolute Gasteiger partial charge is 0.573 e. The minimum atomic E-state index is -5.09. The Kier molecular flexibility index (Phi) is 5.29. The van der Waals surface area contributed by atoms with Gasteiger partial charge < -0.3 is 4.74 Å². The minimum Gasteiger partial charge on any atom is -0.404 e. The van der Waals surface area contributed by atoms with Gasteiger partial charge >= 0.3 is 12.4 Å². The fraction of sp³-hybridized carbons (Fsp3) is 0.250. The molecule has 7 nitrogen and oxygen atoms in total. The third-order valence-corrected chi connectivity index (χ3v) is 6.19. The molecule has 0 bridgehead atoms. The Morgan fingerprint density at radius 2 is 1.71 bits per heavy atom. The van der Waals surface area contributed by atoms with Crippen LogP contribution >= 0.6 is 0 Å². The lowest BCUT2D eigenvalue weighted by Gasteiger charge is -2.25. The number of nitrogens with zero attached hydrogens (tertiary/aromatic N) is 1. The first-order chi connectivity index (χ1) is 14.6. The van der Waals surface area contributed by atoms with E-state index in [9.17, 15) is 26.4 Å². The average Bonchev–Trinajstić information content (AvgIpc) is 3.45. The van der Waals surface area contributed by atoms with Gasteiger partial charge in [-0.15, -0.1) is 13.2 Å². The number of sulfonamides is 1. The van der Waals surface area contributed by atoms with Crippen molar-refractivity contribution >= 4 is 16.1 Å². The summed E-state index contributed by atoms with van der Waals surface area (Å²) >= 11 is 0. The van der Waals surface area contributed by atoms with E-state index in [-0.39, 0.29) is 5.92 Å². The third kappa shape index (κ3) is 4.76. The molecule has 1 heterocycles. The summed E-state index contributed by atoms with van der Waals surface area (Å²) in [6.07, 6.45) is -1.33. The highest BCUT2D eigenvalue weighted by Gasteiger charge is 2.39. The second-order valence-corrected chi connectivity index (χ2v) is 8.79. The van der Waals surface area contributed by atoms with Gasteiger partial charge in [-0.25, -0.2) is 22.9 Å². The molecule has 2 amide bonds. The summed E-state index contributed by atoms with van der Waals surface area (Å²) in [5.74, 6) is -0.664. The molecule has 2 N–H and O–H groups in total. The van der Waals surface area contributed by atoms with Crippen molar-refractivity contribution in [3.63, 3.8) is 0 Å². The number of hydrazine groups is 1. The van der Waals surface area contributed by atoms with Gasteiger partial charge in [0.05, 0.1) is 0 Å². The van der Waals surface area contributed by atoms with Gasteiger partial charge in [0.1, 0.15) is 16.7 Å². The van der Waals surface area contributed by atoms with Crippen molar-refractivity contribution in [3.8, 4) is 5.75 Å². The van der Waals surface area contributed by atoms with Crippen LogP contribution in [-0.4, -0.2) is 25.8 Å². The van der Waals surface area contributed by atoms with Crippen LogP contribution in [0.5, 0.6) is 5.75 Å². The van der Waals surface area contributed by atoms with Crippen LogP contribution in [0.15, 0.2) is 71.3 Å². The SMILES string of the molecule is O=C(NS(=O)(=O)c1ccccc1OC(F)(F)F)N1NC(C2CC2)=CC1c1ccccc1. The van der Waals surface area contributed by atoms with Crippen LogP contribution < -0.4 is 14.9 Å². The second-order valence-electron chi connectivity index (χ2n) is 7.14. The number of carbonyl (C=O) groups excluding carboxylic acids is 1. The van der Waals surface area contributed by atoms with Crippen molar-refractivity contribution in [1.29, 1.82) is 0 Å². The van der Waals surface area contributed by atoms with Crippen LogP contribution in [0.1, 0.15) is 24.4 Å². The summed E-state index contributed by atoms with van der Waals surface area (Å²) in [5.41, 5.74) is 4.49. The van der Waals surface area contributed by atoms with E-state index < -0.39 is 39.1 Å². The molecule has 0 spiro atoms. The van der Waals surface area contributed by atoms with Crippen molar-refractivity contribution in [2.24, 2.45) is 5.92 Å². The van der Waals surface area contributed by atoms with Crippen molar-refractivity contribution in [3.05, 3.63) is 71.9 Å². The van der Waals surface area contributed by atoms with E-state index in [4.69, 9.17) is 0 Å². The first kappa shape index (κ1) is 21.0. The molecular formula is C20H18F3N3O4S. The molecule has 1 aliphatic heterocycles. The lowest BCUT2D eigenvalue weighted by atomic mass is 10.1. The number of amides is 2. The smallest absolute Gasteiger partial charge is 0.404 e. The van der Waals surface area contributed by atoms with Crippen LogP contribution in [0.25, 0.3) is 0 Å². The number of urea groups is 1. The molecule has 1 fully saturated rings. The number of alkyl halides is 3. The number of para-hydroxylation sites is 1. The van der Waals surface area contributed by atoms with Gasteiger partial charge in [-0.1, -0.05) is 42.5 Å². The molecule has 4 rings (SSSR count). The molecule has 31 heavy (non-hydrogen) atoms. The Hall–Kier alpha value is -3.21. The zero-order valence-corrected chi connectivity index (χ0v) is 16.8. The number of allylic oxidation sites excluding steroid dienone is 1. The summed E-state index contributed by atoms with van der Waals surface area (Å²) in [5, 5.41) is 1.12. The van der Waals surface area contributed by atoms with Crippen LogP contribution in [-0.2, 0) is 10.0 Å². The number of benzene rings is 2. The normalized spacial score (nSPS) is 18.9. The Labute approximate surface area is 176 Å². The second kappa shape index (κ2) is 7.80. The van der Waals surface area contributed by atoms with Gasteiger partial charge in [0.25, 0.3) is 10.0 Å². The van der Waals surface area contributed by atoms with E-state index in [2.05, 4.69) is 10.2 Å². The number of halogens is 3. The Morgan fingerprint density at radius 1 is 1.06 bits per heavy atom. The number of rotatable bonds is 5. The molecule has 11 heteroatoms. The lowest BCUT2D eigenvalue weighted by Crippen LogP contribution is -2.48. The zero-order chi connectivity index (χ0) is 22.2. The molecule has 2 aromatic carbocycles. The van der Waals surface area contributed by atoms with Crippen molar-refractivity contribution in [2.45, 2.75) is 30.1 Å². The highest BCUT2D eigenvalue weighted by atomic mass is 32.2. The topological polar surface area (TPSA) is 87.7 Å². The Morgan fingerprint density at radius 3 is 2.35 bits per heavy atom. The summed E-state index contributed by atoms with van der Waals surface area (Å²) < 4.78 is 69.0. The Bertz CT molecular complexity index is 1120. The molecule has 1 saturated carbocycles. The maximum Gasteiger partial charge on any atom is 0.573 e. The summed E-state index contributed by atoms with van der Waals surface area (Å²) in [7, 11) is -4.66. The first-order valence-corrected chi connectivity index (χ1v) is 10.9. The van der Waals surface area contributed by atoms with Crippen LogP contribution in [0, 0.1) is 5.92 Å². The molecule has 1 unspecified atom stereocenters. The van der Waals surface area contributed by atoms with Crippen molar-refractivity contribution in [2.75, 3.05) is 0 Å². The first-order valence-electron chi connectivity index (χ1n) is 9.38. The highest BCUT2D eigenvalue weighted by molar-refractivity contribution is 7.90. The van der Waals surface area contributed by atoms with Crippen molar-refractivity contribution < 1.29 is 31.1 Å². The average molecular weight is 453 g/mol. The number of ether oxygens (including phenoxy) is 1. The fourth-order valence-electron chi connectivity index (χ4n) is 3.29. The lowest BCUT2D eigenvalue weighted by molar-refractivity contribution is -0.275. The van der Waals surface area contributed by atoms with E-state index >= 15 is 0 Å². The van der Waals surface area contributed by atoms with Gasteiger partial charge in [-0.05, 0) is 36.6 Å². The number of carbonyl (C=O) groups is 1. The molecular weight excluding hydrogens is 435 g/mol. The maximum absolute atomic E-state index is 12.9. The molecule has 2 aliphatic rings. The van der Waals surface area contributed by atoms with Crippen LogP contribution in [0.3, 0.4) is 0 Å².